The number of ether oxygens (including phenoxy) is 1. The Morgan fingerprint density at radius 2 is 1.67 bits per heavy atom. The molecule has 0 aromatic heterocycles. The summed E-state index contributed by atoms with van der Waals surface area (Å²) in [7, 11) is 0. The maximum atomic E-state index is 10.6. The van der Waals surface area contributed by atoms with Gasteiger partial charge in [-0.05, 0) is 20.3 Å². The van der Waals surface area contributed by atoms with E-state index in [1.807, 2.05) is 0 Å². The first-order valence-electron chi connectivity index (χ1n) is 4.95. The first-order chi connectivity index (χ1) is 6.93. The fourth-order valence-electron chi connectivity index (χ4n) is 0.511. The van der Waals surface area contributed by atoms with Crippen molar-refractivity contribution in [3.63, 3.8) is 0 Å². The Kier molecular flexibility index (Phi) is 12.2. The monoisotopic (exact) mass is 220 g/mol. The number of aliphatic hydroxyl groups excluding tert-OH is 1. The minimum atomic E-state index is -1.12. The van der Waals surface area contributed by atoms with Gasteiger partial charge in [0.25, 0.3) is 0 Å². The Morgan fingerprint density at radius 1 is 1.20 bits per heavy atom. The summed E-state index contributed by atoms with van der Waals surface area (Å²) >= 11 is 0. The van der Waals surface area contributed by atoms with Crippen LogP contribution in [0.15, 0.2) is 0 Å². The number of ketones is 1. The highest BCUT2D eigenvalue weighted by molar-refractivity contribution is 5.80. The maximum absolute atomic E-state index is 10.6. The molecule has 2 N–H and O–H groups in total. The van der Waals surface area contributed by atoms with Gasteiger partial charge >= 0.3 is 5.97 Å². The standard InChI is InChI=1S/C7H12O3.C3H8O2/c1-3-10-7(9)5-4-6(2)8;1-2-3(4)5/h3-5H2,1-2H3;3-5H,2H2,1H3. The molecule has 0 fully saturated rings. The third kappa shape index (κ3) is 19.5. The van der Waals surface area contributed by atoms with Crippen molar-refractivity contribution in [2.24, 2.45) is 0 Å². The van der Waals surface area contributed by atoms with Crippen LogP contribution in [0.5, 0.6) is 0 Å². The summed E-state index contributed by atoms with van der Waals surface area (Å²) in [6.45, 7) is 5.28. The molecule has 0 aromatic carbocycles. The number of esters is 1. The van der Waals surface area contributed by atoms with E-state index in [0.717, 1.165) is 0 Å². The van der Waals surface area contributed by atoms with Gasteiger partial charge < -0.3 is 19.7 Å². The van der Waals surface area contributed by atoms with Crippen LogP contribution in [0.3, 0.4) is 0 Å². The molecule has 0 aliphatic carbocycles. The maximum Gasteiger partial charge on any atom is 0.306 e. The zero-order valence-corrected chi connectivity index (χ0v) is 9.52. The summed E-state index contributed by atoms with van der Waals surface area (Å²) in [6.07, 6.45) is -0.197. The number of aliphatic hydroxyl groups is 2. The molecule has 90 valence electrons. The van der Waals surface area contributed by atoms with Crippen LogP contribution in [-0.2, 0) is 14.3 Å². The normalized spacial score (nSPS) is 9.20. The average Bonchev–Trinajstić information content (AvgIpc) is 2.16. The summed E-state index contributed by atoms with van der Waals surface area (Å²) < 4.78 is 4.60. The van der Waals surface area contributed by atoms with Crippen molar-refractivity contribution in [2.75, 3.05) is 6.61 Å². The predicted octanol–water partition coefficient (Wildman–Crippen LogP) is 0.626. The molecule has 0 saturated heterocycles. The van der Waals surface area contributed by atoms with Crippen molar-refractivity contribution < 1.29 is 24.5 Å². The molecule has 0 unspecified atom stereocenters. The van der Waals surface area contributed by atoms with Crippen LogP contribution >= 0.6 is 0 Å². The van der Waals surface area contributed by atoms with Crippen LogP contribution in [0.2, 0.25) is 0 Å². The van der Waals surface area contributed by atoms with Crippen LogP contribution in [0.4, 0.5) is 0 Å². The Morgan fingerprint density at radius 3 is 1.93 bits per heavy atom. The van der Waals surface area contributed by atoms with Crippen molar-refractivity contribution in [1.29, 1.82) is 0 Å². The molecule has 0 atom stereocenters. The molecule has 15 heavy (non-hydrogen) atoms. The minimum absolute atomic E-state index is 0.0213. The quantitative estimate of drug-likeness (QED) is 0.524. The molecule has 0 rings (SSSR count). The van der Waals surface area contributed by atoms with Gasteiger partial charge in [0.2, 0.25) is 0 Å². The van der Waals surface area contributed by atoms with E-state index in [0.29, 0.717) is 19.4 Å². The zero-order valence-electron chi connectivity index (χ0n) is 9.52. The van der Waals surface area contributed by atoms with Crippen LogP contribution in [-0.4, -0.2) is 34.9 Å². The number of carbonyl (C=O) groups excluding carboxylic acids is 2. The van der Waals surface area contributed by atoms with Gasteiger partial charge in [0.15, 0.2) is 6.29 Å². The number of carbonyl (C=O) groups is 2. The molecule has 0 amide bonds. The second-order valence-electron chi connectivity index (χ2n) is 2.90. The van der Waals surface area contributed by atoms with E-state index in [1.165, 1.54) is 6.92 Å². The van der Waals surface area contributed by atoms with Gasteiger partial charge in [0, 0.05) is 6.42 Å². The molecule has 0 heterocycles. The van der Waals surface area contributed by atoms with Crippen molar-refractivity contribution in [2.45, 2.75) is 46.3 Å². The summed E-state index contributed by atoms with van der Waals surface area (Å²) in [5.74, 6) is -0.272. The molecular formula is C10H20O5. The van der Waals surface area contributed by atoms with E-state index in [1.54, 1.807) is 13.8 Å². The number of hydrogen-bond donors (Lipinski definition) is 2. The minimum Gasteiger partial charge on any atom is -0.466 e. The summed E-state index contributed by atoms with van der Waals surface area (Å²) in [5, 5.41) is 15.8. The van der Waals surface area contributed by atoms with Crippen molar-refractivity contribution >= 4 is 11.8 Å². The van der Waals surface area contributed by atoms with Gasteiger partial charge in [-0.1, -0.05) is 6.92 Å². The van der Waals surface area contributed by atoms with Crippen molar-refractivity contribution in [3.8, 4) is 0 Å². The molecule has 0 aliphatic rings. The second kappa shape index (κ2) is 11.1. The Bertz CT molecular complexity index is 177. The smallest absolute Gasteiger partial charge is 0.306 e. The van der Waals surface area contributed by atoms with Crippen molar-refractivity contribution in [3.05, 3.63) is 0 Å². The lowest BCUT2D eigenvalue weighted by molar-refractivity contribution is -0.144. The number of Topliss-reactive ketones (excluding diaryl/α,β-unsaturated/α-hetero) is 1. The topological polar surface area (TPSA) is 83.8 Å². The van der Waals surface area contributed by atoms with Gasteiger partial charge in [0.05, 0.1) is 13.0 Å². The molecule has 0 aliphatic heterocycles. The van der Waals surface area contributed by atoms with E-state index in [4.69, 9.17) is 10.2 Å². The third-order valence-electron chi connectivity index (χ3n) is 1.35. The molecule has 0 spiro atoms. The van der Waals surface area contributed by atoms with E-state index in [-0.39, 0.29) is 18.2 Å². The fraction of sp³-hybridized carbons (Fsp3) is 0.800. The molecule has 5 nitrogen and oxygen atoms in total. The molecular weight excluding hydrogens is 200 g/mol. The van der Waals surface area contributed by atoms with E-state index < -0.39 is 6.29 Å². The highest BCUT2D eigenvalue weighted by Gasteiger charge is 2.02. The first kappa shape index (κ1) is 16.5. The van der Waals surface area contributed by atoms with Gasteiger partial charge in [-0.25, -0.2) is 0 Å². The lowest BCUT2D eigenvalue weighted by Crippen LogP contribution is -2.05. The second-order valence-corrected chi connectivity index (χ2v) is 2.90. The van der Waals surface area contributed by atoms with Crippen LogP contribution < -0.4 is 0 Å². The Labute approximate surface area is 90.1 Å². The van der Waals surface area contributed by atoms with E-state index in [2.05, 4.69) is 4.74 Å². The van der Waals surface area contributed by atoms with Crippen molar-refractivity contribution in [1.82, 2.24) is 0 Å². The van der Waals surface area contributed by atoms with E-state index >= 15 is 0 Å². The molecule has 0 bridgehead atoms. The highest BCUT2D eigenvalue weighted by atomic mass is 16.5. The van der Waals surface area contributed by atoms with Gasteiger partial charge in [-0.2, -0.15) is 0 Å². The summed E-state index contributed by atoms with van der Waals surface area (Å²) in [4.78, 5) is 20.9. The molecule has 0 saturated carbocycles. The van der Waals surface area contributed by atoms with E-state index in [9.17, 15) is 9.59 Å². The summed E-state index contributed by atoms with van der Waals surface area (Å²) in [6, 6.07) is 0. The van der Waals surface area contributed by atoms with Crippen LogP contribution in [0.25, 0.3) is 0 Å². The van der Waals surface area contributed by atoms with Crippen LogP contribution in [0.1, 0.15) is 40.0 Å². The molecule has 0 aromatic rings. The molecule has 5 heteroatoms. The number of rotatable bonds is 5. The average molecular weight is 220 g/mol. The number of hydrogen-bond acceptors (Lipinski definition) is 5. The van der Waals surface area contributed by atoms with Gasteiger partial charge in [0.1, 0.15) is 5.78 Å². The fourth-order valence-corrected chi connectivity index (χ4v) is 0.511. The first-order valence-corrected chi connectivity index (χ1v) is 4.95. The molecule has 0 radical (unpaired) electrons. The summed E-state index contributed by atoms with van der Waals surface area (Å²) in [5.41, 5.74) is 0. The van der Waals surface area contributed by atoms with Gasteiger partial charge in [-0.15, -0.1) is 0 Å². The lowest BCUT2D eigenvalue weighted by atomic mass is 10.2. The predicted molar refractivity (Wildman–Crippen MR) is 55.1 cm³/mol. The van der Waals surface area contributed by atoms with Gasteiger partial charge in [-0.3, -0.25) is 4.79 Å². The third-order valence-corrected chi connectivity index (χ3v) is 1.35. The SMILES string of the molecule is CCC(O)O.CCOC(=O)CCC(C)=O. The lowest BCUT2D eigenvalue weighted by Gasteiger charge is -1.97. The van der Waals surface area contributed by atoms with Crippen LogP contribution in [0, 0.1) is 0 Å². The highest BCUT2D eigenvalue weighted by Crippen LogP contribution is 1.92. The Balaban J connectivity index is 0. The zero-order chi connectivity index (χ0) is 12.3. The largest absolute Gasteiger partial charge is 0.466 e. The Hall–Kier alpha value is -0.940.